The molecule has 2 N–H and O–H groups in total. The Balaban J connectivity index is 2.17. The van der Waals surface area contributed by atoms with E-state index in [-0.39, 0.29) is 16.7 Å². The molecule has 0 spiro atoms. The van der Waals surface area contributed by atoms with Crippen LogP contribution in [0.1, 0.15) is 23.5 Å². The highest BCUT2D eigenvalue weighted by molar-refractivity contribution is 7.89. The van der Waals surface area contributed by atoms with Gasteiger partial charge in [-0.05, 0) is 35.6 Å². The second kappa shape index (κ2) is 8.64. The van der Waals surface area contributed by atoms with Crippen LogP contribution in [0.3, 0.4) is 0 Å². The van der Waals surface area contributed by atoms with Crippen molar-refractivity contribution >= 4 is 38.9 Å². The molecule has 1 aromatic carbocycles. The summed E-state index contributed by atoms with van der Waals surface area (Å²) in [4.78, 5) is 25.5. The Morgan fingerprint density at radius 3 is 2.37 bits per heavy atom. The summed E-state index contributed by atoms with van der Waals surface area (Å²) in [5, 5.41) is 7.21. The van der Waals surface area contributed by atoms with E-state index in [1.54, 1.807) is 29.6 Å². The summed E-state index contributed by atoms with van der Waals surface area (Å²) in [5.41, 5.74) is 0.346. The van der Waals surface area contributed by atoms with E-state index < -0.39 is 22.0 Å². The summed E-state index contributed by atoms with van der Waals surface area (Å²) < 4.78 is 25.6. The summed E-state index contributed by atoms with van der Waals surface area (Å²) in [7, 11) is -0.727. The van der Waals surface area contributed by atoms with E-state index >= 15 is 0 Å². The molecule has 0 fully saturated rings. The van der Waals surface area contributed by atoms with E-state index in [2.05, 4.69) is 10.6 Å². The third-order valence-electron chi connectivity index (χ3n) is 3.86. The second-order valence-corrected chi connectivity index (χ2v) is 9.58. The van der Waals surface area contributed by atoms with Gasteiger partial charge in [-0.3, -0.25) is 9.59 Å². The van der Waals surface area contributed by atoms with E-state index in [1.165, 1.54) is 37.6 Å². The molecule has 27 heavy (non-hydrogen) atoms. The number of sulfonamides is 1. The maximum atomic E-state index is 12.7. The van der Waals surface area contributed by atoms with Crippen molar-refractivity contribution in [2.24, 2.45) is 5.92 Å². The van der Waals surface area contributed by atoms with E-state index in [0.717, 1.165) is 4.31 Å². The lowest BCUT2D eigenvalue weighted by Crippen LogP contribution is -2.46. The second-order valence-electron chi connectivity index (χ2n) is 6.48. The predicted octanol–water partition coefficient (Wildman–Crippen LogP) is 2.39. The zero-order chi connectivity index (χ0) is 20.2. The molecule has 0 unspecified atom stereocenters. The van der Waals surface area contributed by atoms with Crippen molar-refractivity contribution < 1.29 is 18.0 Å². The number of carbonyl (C=O) groups is 2. The highest BCUT2D eigenvalue weighted by atomic mass is 32.2. The van der Waals surface area contributed by atoms with E-state index in [0.29, 0.717) is 10.6 Å². The number of hydrogen-bond acceptors (Lipinski definition) is 5. The highest BCUT2D eigenvalue weighted by Crippen LogP contribution is 2.19. The number of nitrogens with one attached hydrogen (secondary N) is 2. The fourth-order valence-electron chi connectivity index (χ4n) is 2.32. The number of hydrogen-bond donors (Lipinski definition) is 2. The molecule has 0 saturated heterocycles. The molecule has 2 amide bonds. The molecule has 1 heterocycles. The third kappa shape index (κ3) is 5.15. The predicted molar refractivity (Wildman–Crippen MR) is 106 cm³/mol. The van der Waals surface area contributed by atoms with Gasteiger partial charge in [0.15, 0.2) is 0 Å². The molecule has 2 rings (SSSR count). The van der Waals surface area contributed by atoms with E-state index in [9.17, 15) is 18.0 Å². The minimum atomic E-state index is -3.61. The molecule has 0 aliphatic heterocycles. The minimum Gasteiger partial charge on any atom is -0.339 e. The van der Waals surface area contributed by atoms with Crippen molar-refractivity contribution in [2.75, 3.05) is 19.4 Å². The molecule has 9 heteroatoms. The Labute approximate surface area is 163 Å². The molecule has 0 radical (unpaired) electrons. The molecule has 146 valence electrons. The number of nitrogens with zero attached hydrogens (tertiary/aromatic N) is 1. The van der Waals surface area contributed by atoms with Gasteiger partial charge in [-0.2, -0.15) is 0 Å². The van der Waals surface area contributed by atoms with Gasteiger partial charge in [0.2, 0.25) is 15.9 Å². The largest absolute Gasteiger partial charge is 0.339 e. The van der Waals surface area contributed by atoms with Gasteiger partial charge in [-0.25, -0.2) is 12.7 Å². The van der Waals surface area contributed by atoms with Crippen molar-refractivity contribution in [1.29, 1.82) is 0 Å². The molecule has 0 aliphatic carbocycles. The number of benzene rings is 1. The maximum absolute atomic E-state index is 12.7. The maximum Gasteiger partial charge on any atom is 0.262 e. The summed E-state index contributed by atoms with van der Waals surface area (Å²) in [6.07, 6.45) is 0. The topological polar surface area (TPSA) is 95.6 Å². The number of rotatable bonds is 7. The normalized spacial score (nSPS) is 12.8. The van der Waals surface area contributed by atoms with Gasteiger partial charge in [-0.1, -0.05) is 26.0 Å². The molecular weight excluding hydrogens is 386 g/mol. The Hall–Kier alpha value is -2.23. The van der Waals surface area contributed by atoms with Crippen LogP contribution in [0.2, 0.25) is 0 Å². The third-order valence-corrected chi connectivity index (χ3v) is 6.54. The average molecular weight is 410 g/mol. The van der Waals surface area contributed by atoms with Gasteiger partial charge in [-0.15, -0.1) is 11.3 Å². The van der Waals surface area contributed by atoms with Crippen LogP contribution in [0.4, 0.5) is 5.69 Å². The number of carbonyl (C=O) groups excluding carboxylic acids is 2. The zero-order valence-electron chi connectivity index (χ0n) is 15.6. The van der Waals surface area contributed by atoms with Crippen molar-refractivity contribution in [2.45, 2.75) is 24.8 Å². The monoisotopic (exact) mass is 409 g/mol. The smallest absolute Gasteiger partial charge is 0.262 e. The molecule has 0 bridgehead atoms. The van der Waals surface area contributed by atoms with Crippen molar-refractivity contribution in [3.63, 3.8) is 0 Å². The number of anilines is 1. The van der Waals surface area contributed by atoms with Gasteiger partial charge in [0.1, 0.15) is 6.04 Å². The molecule has 1 atom stereocenters. The first-order valence-electron chi connectivity index (χ1n) is 8.30. The lowest BCUT2D eigenvalue weighted by molar-refractivity contribution is -0.118. The van der Waals surface area contributed by atoms with E-state index in [4.69, 9.17) is 0 Å². The Morgan fingerprint density at radius 2 is 1.81 bits per heavy atom. The number of amides is 2. The summed E-state index contributed by atoms with van der Waals surface area (Å²) in [6.45, 7) is 3.65. The van der Waals surface area contributed by atoms with Crippen LogP contribution >= 0.6 is 11.3 Å². The first-order chi connectivity index (χ1) is 12.6. The molecule has 0 saturated carbocycles. The van der Waals surface area contributed by atoms with Gasteiger partial charge in [0, 0.05) is 19.8 Å². The molecule has 2 aromatic rings. The summed E-state index contributed by atoms with van der Waals surface area (Å²) in [5.74, 6) is -0.875. The highest BCUT2D eigenvalue weighted by Gasteiger charge is 2.25. The van der Waals surface area contributed by atoms with Crippen molar-refractivity contribution in [3.8, 4) is 0 Å². The molecular formula is C18H23N3O4S2. The van der Waals surface area contributed by atoms with Crippen LogP contribution in [0.5, 0.6) is 0 Å². The van der Waals surface area contributed by atoms with Gasteiger partial charge in [0.25, 0.3) is 5.91 Å². The lowest BCUT2D eigenvalue weighted by Gasteiger charge is -2.21. The van der Waals surface area contributed by atoms with Crippen molar-refractivity contribution in [1.82, 2.24) is 9.62 Å². The van der Waals surface area contributed by atoms with Crippen LogP contribution in [-0.2, 0) is 14.8 Å². The van der Waals surface area contributed by atoms with Crippen LogP contribution in [0.15, 0.2) is 46.7 Å². The van der Waals surface area contributed by atoms with Gasteiger partial charge in [0.05, 0.1) is 9.77 Å². The zero-order valence-corrected chi connectivity index (χ0v) is 17.2. The molecule has 1 aromatic heterocycles. The van der Waals surface area contributed by atoms with Crippen LogP contribution < -0.4 is 10.6 Å². The fraction of sp³-hybridized carbons (Fsp3) is 0.333. The first kappa shape index (κ1) is 21.1. The Morgan fingerprint density at radius 1 is 1.11 bits per heavy atom. The Bertz CT molecular complexity index is 906. The minimum absolute atomic E-state index is 0.0778. The van der Waals surface area contributed by atoms with Crippen LogP contribution in [0, 0.1) is 5.92 Å². The fourth-order valence-corrected chi connectivity index (χ4v) is 3.90. The van der Waals surface area contributed by atoms with E-state index in [1.807, 2.05) is 13.8 Å². The lowest BCUT2D eigenvalue weighted by atomic mass is 10.0. The van der Waals surface area contributed by atoms with Crippen molar-refractivity contribution in [3.05, 3.63) is 46.7 Å². The number of thiophene rings is 1. The average Bonchev–Trinajstić information content (AvgIpc) is 3.13. The SMILES string of the molecule is CC(C)[C@@H](NC(=O)c1cccs1)C(=O)Nc1cccc(S(=O)(=O)N(C)C)c1. The van der Waals surface area contributed by atoms with Crippen LogP contribution in [-0.4, -0.2) is 44.7 Å². The standard InChI is InChI=1S/C18H23N3O4S2/c1-12(2)16(20-17(22)15-9-6-10-26-15)18(23)19-13-7-5-8-14(11-13)27(24,25)21(3)4/h5-12,16H,1-4H3,(H,19,23)(H,20,22)/t16-/m1/s1. The van der Waals surface area contributed by atoms with Gasteiger partial charge >= 0.3 is 0 Å². The molecule has 7 nitrogen and oxygen atoms in total. The Kier molecular flexibility index (Phi) is 6.74. The van der Waals surface area contributed by atoms with Gasteiger partial charge < -0.3 is 10.6 Å². The summed E-state index contributed by atoms with van der Waals surface area (Å²) in [6, 6.07) is 8.71. The summed E-state index contributed by atoms with van der Waals surface area (Å²) >= 11 is 1.29. The quantitative estimate of drug-likeness (QED) is 0.734. The molecule has 0 aliphatic rings. The van der Waals surface area contributed by atoms with Crippen LogP contribution in [0.25, 0.3) is 0 Å². The first-order valence-corrected chi connectivity index (χ1v) is 10.6.